The molecule has 0 heterocycles. The average Bonchev–Trinajstić information content (AvgIpc) is 2.65. The molecule has 0 aromatic heterocycles. The Balaban J connectivity index is 2.10. The molecule has 0 spiro atoms. The van der Waals surface area contributed by atoms with Gasteiger partial charge in [0.2, 0.25) is 0 Å². The number of aliphatic carboxylic acids is 1. The molecule has 0 aromatic carbocycles. The van der Waals surface area contributed by atoms with E-state index in [2.05, 4.69) is 11.8 Å². The number of likely N-dealkylation sites (N-methyl/N-ethyl adjacent to an activating group) is 1. The molecular weight excluding hydrogens is 166 g/mol. The van der Waals surface area contributed by atoms with E-state index in [9.17, 15) is 4.79 Å². The third-order valence-corrected chi connectivity index (χ3v) is 2.50. The maximum Gasteiger partial charge on any atom is 0.328 e. The second kappa shape index (κ2) is 4.42. The SMILES string of the molecule is CC1CC1CN(C)C/C=C/C(=O)O. The fourth-order valence-corrected chi connectivity index (χ4v) is 1.46. The van der Waals surface area contributed by atoms with E-state index in [0.717, 1.165) is 24.9 Å². The van der Waals surface area contributed by atoms with Crippen molar-refractivity contribution in [3.05, 3.63) is 12.2 Å². The first-order chi connectivity index (χ1) is 6.09. The monoisotopic (exact) mass is 183 g/mol. The fourth-order valence-electron chi connectivity index (χ4n) is 1.46. The van der Waals surface area contributed by atoms with E-state index in [1.807, 2.05) is 7.05 Å². The van der Waals surface area contributed by atoms with Crippen molar-refractivity contribution in [3.63, 3.8) is 0 Å². The predicted molar refractivity (Wildman–Crippen MR) is 51.5 cm³/mol. The molecule has 1 aliphatic carbocycles. The first-order valence-corrected chi connectivity index (χ1v) is 4.67. The van der Waals surface area contributed by atoms with Gasteiger partial charge in [-0.3, -0.25) is 0 Å². The summed E-state index contributed by atoms with van der Waals surface area (Å²) in [5.41, 5.74) is 0. The van der Waals surface area contributed by atoms with Crippen molar-refractivity contribution in [2.24, 2.45) is 11.8 Å². The van der Waals surface area contributed by atoms with Crippen LogP contribution in [0.4, 0.5) is 0 Å². The first kappa shape index (κ1) is 10.3. The average molecular weight is 183 g/mol. The van der Waals surface area contributed by atoms with Crippen LogP contribution in [0.3, 0.4) is 0 Å². The van der Waals surface area contributed by atoms with Crippen LogP contribution in [0.1, 0.15) is 13.3 Å². The van der Waals surface area contributed by atoms with Crippen LogP contribution in [0.2, 0.25) is 0 Å². The van der Waals surface area contributed by atoms with Crippen molar-refractivity contribution in [2.75, 3.05) is 20.1 Å². The van der Waals surface area contributed by atoms with Crippen molar-refractivity contribution in [1.29, 1.82) is 0 Å². The number of nitrogens with zero attached hydrogens (tertiary/aromatic N) is 1. The quantitative estimate of drug-likeness (QED) is 0.651. The molecule has 0 saturated heterocycles. The highest BCUT2D eigenvalue weighted by atomic mass is 16.4. The Morgan fingerprint density at radius 2 is 2.31 bits per heavy atom. The van der Waals surface area contributed by atoms with Crippen molar-refractivity contribution < 1.29 is 9.90 Å². The summed E-state index contributed by atoms with van der Waals surface area (Å²) in [4.78, 5) is 12.3. The van der Waals surface area contributed by atoms with Gasteiger partial charge in [-0.15, -0.1) is 0 Å². The van der Waals surface area contributed by atoms with E-state index in [4.69, 9.17) is 5.11 Å². The largest absolute Gasteiger partial charge is 0.478 e. The van der Waals surface area contributed by atoms with Gasteiger partial charge in [-0.2, -0.15) is 0 Å². The van der Waals surface area contributed by atoms with Crippen molar-refractivity contribution in [3.8, 4) is 0 Å². The van der Waals surface area contributed by atoms with Gasteiger partial charge in [-0.1, -0.05) is 13.0 Å². The summed E-state index contributed by atoms with van der Waals surface area (Å²) < 4.78 is 0. The molecule has 0 aliphatic heterocycles. The molecule has 0 amide bonds. The van der Waals surface area contributed by atoms with Gasteiger partial charge in [0.05, 0.1) is 0 Å². The molecule has 1 saturated carbocycles. The van der Waals surface area contributed by atoms with Crippen molar-refractivity contribution in [1.82, 2.24) is 4.90 Å². The lowest BCUT2D eigenvalue weighted by molar-refractivity contribution is -0.131. The summed E-state index contributed by atoms with van der Waals surface area (Å²) in [7, 11) is 2.03. The molecule has 1 rings (SSSR count). The number of rotatable bonds is 5. The van der Waals surface area contributed by atoms with Crippen LogP contribution < -0.4 is 0 Å². The lowest BCUT2D eigenvalue weighted by Crippen LogP contribution is -2.21. The minimum absolute atomic E-state index is 0.732. The van der Waals surface area contributed by atoms with Crippen molar-refractivity contribution >= 4 is 5.97 Å². The number of carboxylic acids is 1. The molecule has 3 nitrogen and oxygen atoms in total. The van der Waals surface area contributed by atoms with Crippen LogP contribution in [0.15, 0.2) is 12.2 Å². The highest BCUT2D eigenvalue weighted by molar-refractivity contribution is 5.79. The van der Waals surface area contributed by atoms with E-state index in [1.165, 1.54) is 12.5 Å². The Labute approximate surface area is 79.0 Å². The van der Waals surface area contributed by atoms with Crippen LogP contribution in [-0.2, 0) is 4.79 Å². The maximum absolute atomic E-state index is 10.2. The second-order valence-electron chi connectivity index (χ2n) is 3.93. The highest BCUT2D eigenvalue weighted by Gasteiger charge is 2.32. The van der Waals surface area contributed by atoms with E-state index in [1.54, 1.807) is 6.08 Å². The number of carbonyl (C=O) groups is 1. The van der Waals surface area contributed by atoms with E-state index in [-0.39, 0.29) is 0 Å². The standard InChI is InChI=1S/C10H17NO2/c1-8-6-9(8)7-11(2)5-3-4-10(12)13/h3-4,8-9H,5-7H2,1-2H3,(H,12,13)/b4-3+. The molecule has 2 atom stereocenters. The molecule has 74 valence electrons. The van der Waals surface area contributed by atoms with Gasteiger partial charge in [0.15, 0.2) is 0 Å². The Morgan fingerprint density at radius 1 is 1.69 bits per heavy atom. The number of hydrogen-bond donors (Lipinski definition) is 1. The summed E-state index contributed by atoms with van der Waals surface area (Å²) in [6.45, 7) is 4.08. The lowest BCUT2D eigenvalue weighted by Gasteiger charge is -2.13. The van der Waals surface area contributed by atoms with Crippen LogP contribution in [0.25, 0.3) is 0 Å². The molecule has 13 heavy (non-hydrogen) atoms. The van der Waals surface area contributed by atoms with Gasteiger partial charge >= 0.3 is 5.97 Å². The minimum atomic E-state index is -0.867. The van der Waals surface area contributed by atoms with Crippen molar-refractivity contribution in [2.45, 2.75) is 13.3 Å². The molecule has 0 bridgehead atoms. The Hall–Kier alpha value is -0.830. The van der Waals surface area contributed by atoms with E-state index >= 15 is 0 Å². The van der Waals surface area contributed by atoms with Crippen LogP contribution >= 0.6 is 0 Å². The van der Waals surface area contributed by atoms with Gasteiger partial charge in [-0.25, -0.2) is 4.79 Å². The minimum Gasteiger partial charge on any atom is -0.478 e. The Bertz CT molecular complexity index is 213. The normalized spacial score (nSPS) is 27.0. The van der Waals surface area contributed by atoms with Crippen LogP contribution in [-0.4, -0.2) is 36.1 Å². The second-order valence-corrected chi connectivity index (χ2v) is 3.93. The van der Waals surface area contributed by atoms with Gasteiger partial charge in [0.1, 0.15) is 0 Å². The maximum atomic E-state index is 10.2. The third kappa shape index (κ3) is 4.08. The zero-order chi connectivity index (χ0) is 9.84. The molecule has 0 radical (unpaired) electrons. The highest BCUT2D eigenvalue weighted by Crippen LogP contribution is 2.37. The zero-order valence-electron chi connectivity index (χ0n) is 8.23. The first-order valence-electron chi connectivity index (χ1n) is 4.67. The smallest absolute Gasteiger partial charge is 0.328 e. The summed E-state index contributed by atoms with van der Waals surface area (Å²) in [5.74, 6) is 0.835. The lowest BCUT2D eigenvalue weighted by atomic mass is 10.3. The summed E-state index contributed by atoms with van der Waals surface area (Å²) in [5, 5.41) is 8.36. The van der Waals surface area contributed by atoms with Gasteiger partial charge < -0.3 is 10.0 Å². The van der Waals surface area contributed by atoms with Gasteiger partial charge in [-0.05, 0) is 25.3 Å². The van der Waals surface area contributed by atoms with E-state index in [0.29, 0.717) is 0 Å². The Kier molecular flexibility index (Phi) is 3.48. The predicted octanol–water partition coefficient (Wildman–Crippen LogP) is 1.22. The van der Waals surface area contributed by atoms with Crippen LogP contribution in [0.5, 0.6) is 0 Å². The number of carboxylic acid groups (broad SMARTS) is 1. The topological polar surface area (TPSA) is 40.5 Å². The number of hydrogen-bond acceptors (Lipinski definition) is 2. The van der Waals surface area contributed by atoms with Gasteiger partial charge in [0.25, 0.3) is 0 Å². The molecule has 0 aromatic rings. The van der Waals surface area contributed by atoms with Crippen LogP contribution in [0, 0.1) is 11.8 Å². The summed E-state index contributed by atoms with van der Waals surface area (Å²) in [6.07, 6.45) is 4.22. The van der Waals surface area contributed by atoms with Gasteiger partial charge in [0, 0.05) is 19.2 Å². The third-order valence-electron chi connectivity index (χ3n) is 2.50. The molecule has 1 aliphatic rings. The molecule has 2 unspecified atom stereocenters. The molecule has 1 N–H and O–H groups in total. The molecular formula is C10H17NO2. The fraction of sp³-hybridized carbons (Fsp3) is 0.700. The van der Waals surface area contributed by atoms with E-state index < -0.39 is 5.97 Å². The summed E-state index contributed by atoms with van der Waals surface area (Å²) >= 11 is 0. The zero-order valence-corrected chi connectivity index (χ0v) is 8.23. The molecule has 1 fully saturated rings. The molecule has 3 heteroatoms. The Morgan fingerprint density at radius 3 is 2.77 bits per heavy atom. The summed E-state index contributed by atoms with van der Waals surface area (Å²) in [6, 6.07) is 0.